The Labute approximate surface area is 119 Å². The van der Waals surface area contributed by atoms with Gasteiger partial charge in [-0.2, -0.15) is 0 Å². The van der Waals surface area contributed by atoms with Crippen molar-refractivity contribution in [3.63, 3.8) is 0 Å². The largest absolute Gasteiger partial charge is 0.481 e. The highest BCUT2D eigenvalue weighted by Gasteiger charge is 2.10. The maximum absolute atomic E-state index is 11.7. The van der Waals surface area contributed by atoms with Crippen LogP contribution in [0, 0.1) is 6.92 Å². The second-order valence-electron chi connectivity index (χ2n) is 4.38. The van der Waals surface area contributed by atoms with E-state index < -0.39 is 5.97 Å². The number of aryl methyl sites for hydroxylation is 2. The van der Waals surface area contributed by atoms with Gasteiger partial charge in [0.1, 0.15) is 0 Å². The first kappa shape index (κ1) is 14.4. The van der Waals surface area contributed by atoms with Crippen molar-refractivity contribution in [2.45, 2.75) is 25.0 Å². The van der Waals surface area contributed by atoms with E-state index >= 15 is 0 Å². The number of hydrogen-bond donors (Lipinski definition) is 2. The second-order valence-corrected chi connectivity index (χ2v) is 5.33. The number of nitrogens with one attached hydrogen (secondary N) is 1. The van der Waals surface area contributed by atoms with Crippen molar-refractivity contribution in [3.8, 4) is 0 Å². The number of hydrogen-bond acceptors (Lipinski definition) is 4. The monoisotopic (exact) mass is 293 g/mol. The van der Waals surface area contributed by atoms with Gasteiger partial charge in [0, 0.05) is 6.54 Å². The Kier molecular flexibility index (Phi) is 4.62. The number of aliphatic carboxylic acids is 1. The fraction of sp³-hybridized carbons (Fsp3) is 0.308. The second kappa shape index (κ2) is 6.42. The van der Waals surface area contributed by atoms with Gasteiger partial charge in [-0.25, -0.2) is 9.89 Å². The first-order valence-corrected chi connectivity index (χ1v) is 7.10. The van der Waals surface area contributed by atoms with Crippen molar-refractivity contribution in [2.75, 3.05) is 5.75 Å². The number of aromatic nitrogens is 3. The maximum atomic E-state index is 11.7. The molecule has 0 aliphatic rings. The van der Waals surface area contributed by atoms with Gasteiger partial charge in [-0.15, -0.1) is 5.10 Å². The lowest BCUT2D eigenvalue weighted by atomic mass is 10.1. The van der Waals surface area contributed by atoms with Gasteiger partial charge in [0.25, 0.3) is 0 Å². The van der Waals surface area contributed by atoms with Crippen molar-refractivity contribution in [3.05, 3.63) is 45.9 Å². The Morgan fingerprint density at radius 3 is 3.00 bits per heavy atom. The third kappa shape index (κ3) is 3.74. The number of rotatable bonds is 6. The number of H-pyrrole nitrogens is 1. The molecule has 106 valence electrons. The molecule has 2 aromatic rings. The SMILES string of the molecule is Cc1cccc(CCn2c(SCC(=O)O)n[nH]c2=O)c1. The summed E-state index contributed by atoms with van der Waals surface area (Å²) >= 11 is 1.04. The fourth-order valence-corrected chi connectivity index (χ4v) is 2.54. The number of aromatic amines is 1. The molecular formula is C13H15N3O3S. The molecule has 20 heavy (non-hydrogen) atoms. The molecule has 0 radical (unpaired) electrons. The van der Waals surface area contributed by atoms with E-state index in [4.69, 9.17) is 5.11 Å². The molecule has 1 heterocycles. The molecule has 7 heteroatoms. The van der Waals surface area contributed by atoms with Crippen molar-refractivity contribution in [1.82, 2.24) is 14.8 Å². The molecule has 0 bridgehead atoms. The quantitative estimate of drug-likeness (QED) is 0.784. The van der Waals surface area contributed by atoms with Crippen molar-refractivity contribution in [2.24, 2.45) is 0 Å². The topological polar surface area (TPSA) is 88.0 Å². The zero-order valence-electron chi connectivity index (χ0n) is 11.0. The van der Waals surface area contributed by atoms with Crippen molar-refractivity contribution < 1.29 is 9.90 Å². The van der Waals surface area contributed by atoms with Crippen LogP contribution in [0.3, 0.4) is 0 Å². The third-order valence-electron chi connectivity index (χ3n) is 2.75. The standard InChI is InChI=1S/C13H15N3O3S/c1-9-3-2-4-10(7-9)5-6-16-12(19)14-15-13(16)20-8-11(17)18/h2-4,7H,5-6,8H2,1H3,(H,14,19)(H,17,18). The van der Waals surface area contributed by atoms with Crippen LogP contribution in [0.1, 0.15) is 11.1 Å². The lowest BCUT2D eigenvalue weighted by molar-refractivity contribution is -0.133. The number of nitrogens with zero attached hydrogens (tertiary/aromatic N) is 2. The van der Waals surface area contributed by atoms with E-state index in [0.717, 1.165) is 17.3 Å². The van der Waals surface area contributed by atoms with E-state index in [2.05, 4.69) is 16.3 Å². The van der Waals surface area contributed by atoms with Gasteiger partial charge in [-0.05, 0) is 18.9 Å². The Bertz CT molecular complexity index is 663. The molecule has 6 nitrogen and oxygen atoms in total. The highest BCUT2D eigenvalue weighted by atomic mass is 32.2. The van der Waals surface area contributed by atoms with E-state index in [9.17, 15) is 9.59 Å². The molecule has 0 atom stereocenters. The minimum absolute atomic E-state index is 0.116. The number of thioether (sulfide) groups is 1. The molecule has 2 N–H and O–H groups in total. The highest BCUT2D eigenvalue weighted by molar-refractivity contribution is 7.99. The van der Waals surface area contributed by atoms with Crippen LogP contribution in [-0.4, -0.2) is 31.6 Å². The van der Waals surface area contributed by atoms with Crippen LogP contribution in [0.15, 0.2) is 34.2 Å². The average Bonchev–Trinajstić information content (AvgIpc) is 2.75. The molecule has 0 unspecified atom stereocenters. The maximum Gasteiger partial charge on any atom is 0.343 e. The first-order valence-electron chi connectivity index (χ1n) is 6.11. The normalized spacial score (nSPS) is 10.7. The molecule has 0 saturated heterocycles. The van der Waals surface area contributed by atoms with Gasteiger partial charge in [0.2, 0.25) is 0 Å². The zero-order valence-corrected chi connectivity index (χ0v) is 11.8. The minimum atomic E-state index is -0.935. The molecule has 2 rings (SSSR count). The van der Waals surface area contributed by atoms with Gasteiger partial charge in [-0.3, -0.25) is 9.36 Å². The highest BCUT2D eigenvalue weighted by Crippen LogP contribution is 2.13. The number of benzene rings is 1. The summed E-state index contributed by atoms with van der Waals surface area (Å²) in [7, 11) is 0. The number of carbonyl (C=O) groups is 1. The Hall–Kier alpha value is -2.02. The summed E-state index contributed by atoms with van der Waals surface area (Å²) in [6.07, 6.45) is 0.696. The average molecular weight is 293 g/mol. The van der Waals surface area contributed by atoms with Gasteiger partial charge in [0.05, 0.1) is 5.75 Å². The van der Waals surface area contributed by atoms with Crippen LogP contribution in [0.5, 0.6) is 0 Å². The lowest BCUT2D eigenvalue weighted by Crippen LogP contribution is -2.19. The van der Waals surface area contributed by atoms with E-state index in [0.29, 0.717) is 18.1 Å². The Morgan fingerprint density at radius 1 is 1.50 bits per heavy atom. The number of carboxylic acid groups (broad SMARTS) is 1. The molecule has 1 aromatic heterocycles. The molecule has 0 aliphatic heterocycles. The fourth-order valence-electron chi connectivity index (χ4n) is 1.85. The van der Waals surface area contributed by atoms with Crippen LogP contribution in [0.4, 0.5) is 0 Å². The Balaban J connectivity index is 2.07. The molecular weight excluding hydrogens is 278 g/mol. The van der Waals surface area contributed by atoms with E-state index in [1.54, 1.807) is 0 Å². The molecule has 0 amide bonds. The van der Waals surface area contributed by atoms with E-state index in [1.807, 2.05) is 25.1 Å². The molecule has 0 fully saturated rings. The predicted octanol–water partition coefficient (Wildman–Crippen LogP) is 1.30. The van der Waals surface area contributed by atoms with Gasteiger partial charge in [-0.1, -0.05) is 41.6 Å². The molecule has 1 aromatic carbocycles. The van der Waals surface area contributed by atoms with Crippen LogP contribution in [-0.2, 0) is 17.8 Å². The minimum Gasteiger partial charge on any atom is -0.481 e. The van der Waals surface area contributed by atoms with Crippen LogP contribution < -0.4 is 5.69 Å². The molecule has 0 aliphatic carbocycles. The third-order valence-corrected chi connectivity index (χ3v) is 3.72. The van der Waals surface area contributed by atoms with Crippen molar-refractivity contribution in [1.29, 1.82) is 0 Å². The van der Waals surface area contributed by atoms with E-state index in [-0.39, 0.29) is 11.4 Å². The summed E-state index contributed by atoms with van der Waals surface area (Å²) in [6.45, 7) is 2.49. The van der Waals surface area contributed by atoms with Crippen LogP contribution >= 0.6 is 11.8 Å². The lowest BCUT2D eigenvalue weighted by Gasteiger charge is -2.05. The van der Waals surface area contributed by atoms with Gasteiger partial charge < -0.3 is 5.11 Å². The van der Waals surface area contributed by atoms with Crippen LogP contribution in [0.25, 0.3) is 0 Å². The summed E-state index contributed by atoms with van der Waals surface area (Å²) in [5.41, 5.74) is 1.99. The molecule has 0 saturated carbocycles. The predicted molar refractivity (Wildman–Crippen MR) is 76.1 cm³/mol. The summed E-state index contributed by atoms with van der Waals surface area (Å²) < 4.78 is 1.47. The van der Waals surface area contributed by atoms with Gasteiger partial charge >= 0.3 is 11.7 Å². The molecule has 0 spiro atoms. The smallest absolute Gasteiger partial charge is 0.343 e. The van der Waals surface area contributed by atoms with Gasteiger partial charge in [0.15, 0.2) is 5.16 Å². The van der Waals surface area contributed by atoms with Crippen molar-refractivity contribution >= 4 is 17.7 Å². The summed E-state index contributed by atoms with van der Waals surface area (Å²) in [6, 6.07) is 8.06. The first-order chi connectivity index (χ1) is 9.56. The Morgan fingerprint density at radius 2 is 2.30 bits per heavy atom. The van der Waals surface area contributed by atoms with Crippen LogP contribution in [0.2, 0.25) is 0 Å². The summed E-state index contributed by atoms with van der Waals surface area (Å²) in [5.74, 6) is -1.05. The van der Waals surface area contributed by atoms with E-state index in [1.165, 1.54) is 10.1 Å². The zero-order chi connectivity index (χ0) is 14.5. The number of carboxylic acids is 1. The summed E-state index contributed by atoms with van der Waals surface area (Å²) in [5, 5.41) is 15.3. The summed E-state index contributed by atoms with van der Waals surface area (Å²) in [4.78, 5) is 22.2.